The molecule has 4 fully saturated rings. The number of hydrogen-bond donors (Lipinski definition) is 2. The summed E-state index contributed by atoms with van der Waals surface area (Å²) >= 11 is 0. The Kier molecular flexibility index (Phi) is 5.58. The van der Waals surface area contributed by atoms with Gasteiger partial charge in [0.1, 0.15) is 5.56 Å². The van der Waals surface area contributed by atoms with E-state index in [0.29, 0.717) is 55.5 Å². The van der Waals surface area contributed by atoms with Gasteiger partial charge in [0.2, 0.25) is 0 Å². The quantitative estimate of drug-likeness (QED) is 0.584. The largest absolute Gasteiger partial charge is 0.390 e. The molecule has 0 radical (unpaired) electrons. The minimum absolute atomic E-state index is 0.121. The van der Waals surface area contributed by atoms with Gasteiger partial charge in [0.15, 0.2) is 5.82 Å². The molecule has 1 amide bonds. The predicted molar refractivity (Wildman–Crippen MR) is 112 cm³/mol. The second-order valence-corrected chi connectivity index (χ2v) is 9.35. The van der Waals surface area contributed by atoms with Crippen molar-refractivity contribution in [2.24, 2.45) is 17.8 Å². The lowest BCUT2D eigenvalue weighted by molar-refractivity contribution is -0.136. The van der Waals surface area contributed by atoms with Gasteiger partial charge in [-0.15, -0.1) is 0 Å². The summed E-state index contributed by atoms with van der Waals surface area (Å²) in [5.41, 5.74) is -0.000777. The minimum atomic E-state index is -0.508. The highest BCUT2D eigenvalue weighted by atomic mass is 16.5. The van der Waals surface area contributed by atoms with Gasteiger partial charge in [-0.25, -0.2) is 9.36 Å². The van der Waals surface area contributed by atoms with Crippen molar-refractivity contribution < 1.29 is 19.4 Å². The Morgan fingerprint density at radius 2 is 2.03 bits per heavy atom. The van der Waals surface area contributed by atoms with Crippen molar-refractivity contribution in [3.63, 3.8) is 0 Å². The summed E-state index contributed by atoms with van der Waals surface area (Å²) < 4.78 is 14.0. The first-order valence-corrected chi connectivity index (χ1v) is 11.2. The fourth-order valence-corrected chi connectivity index (χ4v) is 6.18. The lowest BCUT2D eigenvalue weighted by Crippen LogP contribution is -2.61. The molecule has 2 atom stereocenters. The first kappa shape index (κ1) is 20.7. The first-order chi connectivity index (χ1) is 15.1. The van der Waals surface area contributed by atoms with Crippen molar-refractivity contribution in [3.8, 4) is 5.82 Å². The number of rotatable bonds is 9. The number of aromatic nitrogens is 4. The highest BCUT2D eigenvalue weighted by Gasteiger charge is 2.55. The summed E-state index contributed by atoms with van der Waals surface area (Å²) in [6.07, 6.45) is 9.86. The van der Waals surface area contributed by atoms with Crippen LogP contribution in [0.25, 0.3) is 5.82 Å². The molecule has 9 nitrogen and oxygen atoms in total. The molecule has 2 heterocycles. The number of carbonyl (C=O) groups excluding carboxylic acids is 1. The van der Waals surface area contributed by atoms with E-state index < -0.39 is 5.60 Å². The summed E-state index contributed by atoms with van der Waals surface area (Å²) in [4.78, 5) is 13.3. The zero-order valence-corrected chi connectivity index (χ0v) is 17.9. The molecule has 6 rings (SSSR count). The van der Waals surface area contributed by atoms with Gasteiger partial charge in [-0.05, 0) is 55.9 Å². The molecule has 2 unspecified atom stereocenters. The number of carbonyl (C=O) groups is 1. The predicted octanol–water partition coefficient (Wildman–Crippen LogP) is 1.40. The molecule has 2 aromatic rings. The van der Waals surface area contributed by atoms with Crippen molar-refractivity contribution in [2.75, 3.05) is 26.9 Å². The molecular formula is C22H31N5O4. The molecule has 4 bridgehead atoms. The summed E-state index contributed by atoms with van der Waals surface area (Å²) in [5.74, 6) is 1.84. The number of nitrogens with zero attached hydrogens (tertiary/aromatic N) is 4. The minimum Gasteiger partial charge on any atom is -0.390 e. The van der Waals surface area contributed by atoms with Crippen LogP contribution in [0.5, 0.6) is 0 Å². The molecule has 0 aliphatic heterocycles. The van der Waals surface area contributed by atoms with E-state index in [1.807, 2.05) is 12.3 Å². The van der Waals surface area contributed by atoms with E-state index in [0.717, 1.165) is 32.1 Å². The Morgan fingerprint density at radius 1 is 1.23 bits per heavy atom. The van der Waals surface area contributed by atoms with Crippen LogP contribution in [0.4, 0.5) is 0 Å². The standard InChI is InChI=1S/C22H31N5O4/c1-30-7-8-31-6-5-27-21(26-4-2-3-23-26)18(14-24-27)20(28)25-19-16-9-15-10-17(19)13-22(29,11-15)12-16/h2-4,14-17,19,29H,5-13H2,1H3,(H,25,28). The van der Waals surface area contributed by atoms with E-state index in [-0.39, 0.29) is 11.9 Å². The molecule has 2 aromatic heterocycles. The van der Waals surface area contributed by atoms with Crippen LogP contribution < -0.4 is 5.32 Å². The molecule has 0 saturated heterocycles. The smallest absolute Gasteiger partial charge is 0.256 e. The Bertz CT molecular complexity index is 895. The van der Waals surface area contributed by atoms with Gasteiger partial charge in [0, 0.05) is 25.5 Å². The maximum absolute atomic E-state index is 13.3. The number of aliphatic hydroxyl groups is 1. The molecule has 4 aliphatic rings. The second kappa shape index (κ2) is 8.37. The van der Waals surface area contributed by atoms with Gasteiger partial charge in [0.05, 0.1) is 38.2 Å². The second-order valence-electron chi connectivity index (χ2n) is 9.35. The third-order valence-electron chi connectivity index (χ3n) is 7.20. The fraction of sp³-hybridized carbons (Fsp3) is 0.682. The van der Waals surface area contributed by atoms with Gasteiger partial charge >= 0.3 is 0 Å². The summed E-state index contributed by atoms with van der Waals surface area (Å²) in [6.45, 7) is 2.03. The zero-order chi connectivity index (χ0) is 21.4. The van der Waals surface area contributed by atoms with Gasteiger partial charge in [0.25, 0.3) is 5.91 Å². The average molecular weight is 430 g/mol. The summed E-state index contributed by atoms with van der Waals surface area (Å²) in [6, 6.07) is 1.95. The Labute approximate surface area is 181 Å². The maximum Gasteiger partial charge on any atom is 0.256 e. The molecule has 31 heavy (non-hydrogen) atoms. The molecule has 4 saturated carbocycles. The highest BCUT2D eigenvalue weighted by molar-refractivity contribution is 5.97. The topological polar surface area (TPSA) is 103 Å². The SMILES string of the molecule is COCCOCCn1ncc(C(=O)NC2C3CC4CC2CC(O)(C4)C3)c1-n1cccn1. The monoisotopic (exact) mass is 429 g/mol. The molecule has 0 aromatic carbocycles. The van der Waals surface area contributed by atoms with Gasteiger partial charge in [-0.3, -0.25) is 4.79 Å². The third kappa shape index (κ3) is 4.02. The van der Waals surface area contributed by atoms with E-state index in [1.54, 1.807) is 28.9 Å². The van der Waals surface area contributed by atoms with Gasteiger partial charge < -0.3 is 19.9 Å². The van der Waals surface area contributed by atoms with Crippen LogP contribution in [0.1, 0.15) is 42.5 Å². The number of ether oxygens (including phenoxy) is 2. The zero-order valence-electron chi connectivity index (χ0n) is 17.9. The lowest BCUT2D eigenvalue weighted by atomic mass is 9.52. The van der Waals surface area contributed by atoms with Crippen molar-refractivity contribution >= 4 is 5.91 Å². The fourth-order valence-electron chi connectivity index (χ4n) is 6.18. The van der Waals surface area contributed by atoms with Crippen LogP contribution in [-0.2, 0) is 16.0 Å². The van der Waals surface area contributed by atoms with Crippen molar-refractivity contribution in [3.05, 3.63) is 30.2 Å². The van der Waals surface area contributed by atoms with E-state index in [9.17, 15) is 9.90 Å². The van der Waals surface area contributed by atoms with Crippen LogP contribution in [0.2, 0.25) is 0 Å². The van der Waals surface area contributed by atoms with E-state index >= 15 is 0 Å². The molecular weight excluding hydrogens is 398 g/mol. The highest BCUT2D eigenvalue weighted by Crippen LogP contribution is 2.55. The number of nitrogens with one attached hydrogen (secondary N) is 1. The van der Waals surface area contributed by atoms with Gasteiger partial charge in [-0.2, -0.15) is 10.2 Å². The average Bonchev–Trinajstić information content (AvgIpc) is 3.38. The molecule has 9 heteroatoms. The van der Waals surface area contributed by atoms with Crippen LogP contribution in [0, 0.1) is 17.8 Å². The Morgan fingerprint density at radius 3 is 2.71 bits per heavy atom. The van der Waals surface area contributed by atoms with Crippen LogP contribution in [0.15, 0.2) is 24.7 Å². The normalized spacial score (nSPS) is 31.3. The van der Waals surface area contributed by atoms with Crippen molar-refractivity contribution in [1.29, 1.82) is 0 Å². The molecule has 2 N–H and O–H groups in total. The summed E-state index contributed by atoms with van der Waals surface area (Å²) in [7, 11) is 1.64. The lowest BCUT2D eigenvalue weighted by Gasteiger charge is -2.58. The summed E-state index contributed by atoms with van der Waals surface area (Å²) in [5, 5.41) is 22.9. The van der Waals surface area contributed by atoms with Crippen LogP contribution in [-0.4, -0.2) is 69.1 Å². The van der Waals surface area contributed by atoms with Gasteiger partial charge in [-0.1, -0.05) is 0 Å². The van der Waals surface area contributed by atoms with Crippen molar-refractivity contribution in [1.82, 2.24) is 24.9 Å². The molecule has 168 valence electrons. The molecule has 0 spiro atoms. The first-order valence-electron chi connectivity index (χ1n) is 11.2. The van der Waals surface area contributed by atoms with Crippen LogP contribution in [0.3, 0.4) is 0 Å². The maximum atomic E-state index is 13.3. The van der Waals surface area contributed by atoms with E-state index in [1.165, 1.54) is 0 Å². The van der Waals surface area contributed by atoms with Crippen molar-refractivity contribution in [2.45, 2.75) is 50.3 Å². The van der Waals surface area contributed by atoms with Crippen LogP contribution >= 0.6 is 0 Å². The van der Waals surface area contributed by atoms with E-state index in [2.05, 4.69) is 15.5 Å². The Balaban J connectivity index is 1.32. The number of hydrogen-bond acceptors (Lipinski definition) is 6. The van der Waals surface area contributed by atoms with E-state index in [4.69, 9.17) is 9.47 Å². The number of amides is 1. The Hall–Kier alpha value is -2.23. The molecule has 4 aliphatic carbocycles. The third-order valence-corrected chi connectivity index (χ3v) is 7.20. The number of methoxy groups -OCH3 is 1.